The lowest BCUT2D eigenvalue weighted by Gasteiger charge is -2.50. The molecule has 1 unspecified atom stereocenters. The van der Waals surface area contributed by atoms with Crippen LogP contribution in [0.4, 0.5) is 0 Å². The number of amides is 1. The van der Waals surface area contributed by atoms with Crippen LogP contribution in [0, 0.1) is 19.8 Å². The summed E-state index contributed by atoms with van der Waals surface area (Å²) in [5.74, 6) is -1.10. The maximum atomic E-state index is 12.6. The highest BCUT2D eigenvalue weighted by atomic mass is 16.5. The zero-order chi connectivity index (χ0) is 16.6. The molecule has 5 heteroatoms. The summed E-state index contributed by atoms with van der Waals surface area (Å²) in [6, 6.07) is 5.88. The predicted molar refractivity (Wildman–Crippen MR) is 85.4 cm³/mol. The van der Waals surface area contributed by atoms with Crippen molar-refractivity contribution < 1.29 is 19.4 Å². The van der Waals surface area contributed by atoms with E-state index in [2.05, 4.69) is 5.32 Å². The zero-order valence-corrected chi connectivity index (χ0v) is 13.6. The summed E-state index contributed by atoms with van der Waals surface area (Å²) >= 11 is 0. The first-order chi connectivity index (χ1) is 10.9. The number of carbonyl (C=O) groups excluding carboxylic acids is 1. The third-order valence-electron chi connectivity index (χ3n) is 5.12. The first-order valence-corrected chi connectivity index (χ1v) is 8.14. The number of hydrogen-bond acceptors (Lipinski definition) is 3. The van der Waals surface area contributed by atoms with Crippen LogP contribution >= 0.6 is 0 Å². The van der Waals surface area contributed by atoms with E-state index in [9.17, 15) is 9.59 Å². The summed E-state index contributed by atoms with van der Waals surface area (Å²) in [6.45, 7) is 4.46. The van der Waals surface area contributed by atoms with Crippen molar-refractivity contribution in [2.75, 3.05) is 6.61 Å². The summed E-state index contributed by atoms with van der Waals surface area (Å²) in [4.78, 5) is 23.6. The van der Waals surface area contributed by atoms with E-state index in [1.807, 2.05) is 32.0 Å². The fraction of sp³-hybridized carbons (Fsp3) is 0.556. The van der Waals surface area contributed by atoms with Crippen molar-refractivity contribution in [3.05, 3.63) is 34.9 Å². The van der Waals surface area contributed by atoms with E-state index in [0.717, 1.165) is 23.1 Å². The van der Waals surface area contributed by atoms with Crippen LogP contribution in [0.1, 0.15) is 47.2 Å². The quantitative estimate of drug-likeness (QED) is 0.898. The lowest BCUT2D eigenvalue weighted by molar-refractivity contribution is -0.181. The monoisotopic (exact) mass is 317 g/mol. The van der Waals surface area contributed by atoms with Gasteiger partial charge in [0.1, 0.15) is 0 Å². The highest BCUT2D eigenvalue weighted by Gasteiger charge is 2.51. The van der Waals surface area contributed by atoms with Crippen LogP contribution in [0.15, 0.2) is 18.2 Å². The third-order valence-corrected chi connectivity index (χ3v) is 5.12. The largest absolute Gasteiger partial charge is 0.481 e. The van der Waals surface area contributed by atoms with E-state index in [1.165, 1.54) is 0 Å². The number of carbonyl (C=O) groups is 2. The Labute approximate surface area is 136 Å². The molecule has 1 saturated carbocycles. The van der Waals surface area contributed by atoms with Crippen molar-refractivity contribution in [2.24, 2.45) is 5.92 Å². The molecule has 1 heterocycles. The molecule has 0 radical (unpaired) electrons. The molecule has 5 nitrogen and oxygen atoms in total. The zero-order valence-electron chi connectivity index (χ0n) is 13.6. The van der Waals surface area contributed by atoms with Gasteiger partial charge in [-0.25, -0.2) is 0 Å². The normalized spacial score (nSPS) is 29.8. The molecule has 0 bridgehead atoms. The molecule has 2 aliphatic rings. The molecule has 2 N–H and O–H groups in total. The maximum Gasteiger partial charge on any atom is 0.306 e. The van der Waals surface area contributed by atoms with Crippen molar-refractivity contribution in [3.8, 4) is 0 Å². The second-order valence-electron chi connectivity index (χ2n) is 6.90. The van der Waals surface area contributed by atoms with E-state index in [-0.39, 0.29) is 23.5 Å². The number of benzene rings is 1. The Bertz CT molecular complexity index is 614. The Hall–Kier alpha value is -1.88. The number of ether oxygens (including phenoxy) is 1. The second-order valence-corrected chi connectivity index (χ2v) is 6.90. The van der Waals surface area contributed by atoms with Gasteiger partial charge in [-0.15, -0.1) is 0 Å². The highest BCUT2D eigenvalue weighted by Crippen LogP contribution is 2.46. The van der Waals surface area contributed by atoms with Crippen LogP contribution in [0.25, 0.3) is 0 Å². The number of hydrogen-bond donors (Lipinski definition) is 2. The number of aliphatic carboxylic acids is 1. The lowest BCUT2D eigenvalue weighted by Crippen LogP contribution is -2.56. The molecule has 0 aromatic heterocycles. The molecule has 3 rings (SSSR count). The van der Waals surface area contributed by atoms with E-state index in [0.29, 0.717) is 25.9 Å². The molecule has 1 aromatic rings. The van der Waals surface area contributed by atoms with E-state index in [4.69, 9.17) is 9.84 Å². The molecule has 1 aliphatic carbocycles. The molecule has 1 spiro atoms. The van der Waals surface area contributed by atoms with Gasteiger partial charge in [0.15, 0.2) is 0 Å². The standard InChI is InChI=1S/C18H23NO4/c1-11-4-3-5-12(2)15(11)16(20)19-14-6-7-23-18(10-14)8-13(9-18)17(21)22/h3-5,13-14H,6-10H2,1-2H3,(H,19,20)(H,21,22). The van der Waals surface area contributed by atoms with E-state index in [1.54, 1.807) is 0 Å². The fourth-order valence-corrected chi connectivity index (χ4v) is 3.88. The summed E-state index contributed by atoms with van der Waals surface area (Å²) < 4.78 is 5.83. The summed E-state index contributed by atoms with van der Waals surface area (Å²) in [5, 5.41) is 12.2. The highest BCUT2D eigenvalue weighted by molar-refractivity contribution is 5.97. The molecule has 1 amide bonds. The first-order valence-electron chi connectivity index (χ1n) is 8.14. The van der Waals surface area contributed by atoms with Gasteiger partial charge in [0.05, 0.1) is 11.5 Å². The fourth-order valence-electron chi connectivity index (χ4n) is 3.88. The van der Waals surface area contributed by atoms with Gasteiger partial charge in [-0.1, -0.05) is 18.2 Å². The minimum absolute atomic E-state index is 0.0447. The van der Waals surface area contributed by atoms with Crippen LogP contribution in [-0.2, 0) is 9.53 Å². The predicted octanol–water partition coefficient (Wildman–Crippen LogP) is 2.45. The summed E-state index contributed by atoms with van der Waals surface area (Å²) in [7, 11) is 0. The molecule has 1 atom stereocenters. The minimum atomic E-state index is -0.749. The average Bonchev–Trinajstić information content (AvgIpc) is 2.44. The van der Waals surface area contributed by atoms with Gasteiger partial charge in [0, 0.05) is 18.2 Å². The number of carboxylic acid groups (broad SMARTS) is 1. The SMILES string of the molecule is Cc1cccc(C)c1C(=O)NC1CCOC2(C1)CC(C(=O)O)C2. The Kier molecular flexibility index (Phi) is 4.15. The minimum Gasteiger partial charge on any atom is -0.481 e. The van der Waals surface area contributed by atoms with Gasteiger partial charge >= 0.3 is 5.97 Å². The molecule has 1 aromatic carbocycles. The molecule has 23 heavy (non-hydrogen) atoms. The molecule has 1 aliphatic heterocycles. The van der Waals surface area contributed by atoms with Crippen molar-refractivity contribution in [1.29, 1.82) is 0 Å². The molecule has 124 valence electrons. The van der Waals surface area contributed by atoms with Gasteiger partial charge in [0.2, 0.25) is 0 Å². The van der Waals surface area contributed by atoms with Crippen molar-refractivity contribution in [3.63, 3.8) is 0 Å². The van der Waals surface area contributed by atoms with Crippen LogP contribution in [-0.4, -0.2) is 35.2 Å². The van der Waals surface area contributed by atoms with Crippen LogP contribution in [0.3, 0.4) is 0 Å². The molecule has 1 saturated heterocycles. The Morgan fingerprint density at radius 2 is 1.87 bits per heavy atom. The number of aryl methyl sites for hydroxylation is 2. The van der Waals surface area contributed by atoms with Crippen LogP contribution in [0.2, 0.25) is 0 Å². The number of carboxylic acids is 1. The van der Waals surface area contributed by atoms with Crippen molar-refractivity contribution >= 4 is 11.9 Å². The molecular formula is C18H23NO4. The van der Waals surface area contributed by atoms with Gasteiger partial charge in [-0.3, -0.25) is 9.59 Å². The van der Waals surface area contributed by atoms with Gasteiger partial charge in [-0.05, 0) is 50.7 Å². The maximum absolute atomic E-state index is 12.6. The summed E-state index contributed by atoms with van der Waals surface area (Å²) in [6.07, 6.45) is 2.58. The van der Waals surface area contributed by atoms with E-state index >= 15 is 0 Å². The Balaban J connectivity index is 1.64. The van der Waals surface area contributed by atoms with Gasteiger partial charge in [-0.2, -0.15) is 0 Å². The topological polar surface area (TPSA) is 75.6 Å². The second kappa shape index (κ2) is 5.96. The van der Waals surface area contributed by atoms with Gasteiger partial charge in [0.25, 0.3) is 5.91 Å². The van der Waals surface area contributed by atoms with Crippen LogP contribution in [0.5, 0.6) is 0 Å². The average molecular weight is 317 g/mol. The number of rotatable bonds is 3. The van der Waals surface area contributed by atoms with Gasteiger partial charge < -0.3 is 15.2 Å². The van der Waals surface area contributed by atoms with Crippen LogP contribution < -0.4 is 5.32 Å². The lowest BCUT2D eigenvalue weighted by atomic mass is 9.66. The Morgan fingerprint density at radius 3 is 2.48 bits per heavy atom. The summed E-state index contributed by atoms with van der Waals surface area (Å²) in [5.41, 5.74) is 2.34. The smallest absolute Gasteiger partial charge is 0.306 e. The van der Waals surface area contributed by atoms with Crippen molar-refractivity contribution in [2.45, 2.75) is 51.2 Å². The molecular weight excluding hydrogens is 294 g/mol. The van der Waals surface area contributed by atoms with E-state index < -0.39 is 5.97 Å². The third kappa shape index (κ3) is 3.11. The number of nitrogens with one attached hydrogen (secondary N) is 1. The van der Waals surface area contributed by atoms with Crippen molar-refractivity contribution in [1.82, 2.24) is 5.32 Å². The first kappa shape index (κ1) is 16.0. The Morgan fingerprint density at radius 1 is 1.22 bits per heavy atom. The molecule has 2 fully saturated rings.